The van der Waals surface area contributed by atoms with E-state index in [0.717, 1.165) is 18.6 Å². The number of halogens is 3. The van der Waals surface area contributed by atoms with Crippen LogP contribution in [0.3, 0.4) is 0 Å². The summed E-state index contributed by atoms with van der Waals surface area (Å²) >= 11 is 1.58. The largest absolute Gasteiger partial charge is 0.391 e. The monoisotopic (exact) mass is 294 g/mol. The Labute approximate surface area is 116 Å². The van der Waals surface area contributed by atoms with E-state index in [1.54, 1.807) is 11.8 Å². The molecule has 1 aliphatic heterocycles. The van der Waals surface area contributed by atoms with Gasteiger partial charge in [-0.2, -0.15) is 13.2 Å². The van der Waals surface area contributed by atoms with E-state index in [1.807, 2.05) is 0 Å². The first-order valence-electron chi connectivity index (χ1n) is 6.84. The quantitative estimate of drug-likeness (QED) is 0.833. The molecule has 2 nitrogen and oxygen atoms in total. The number of thioether (sulfide) groups is 1. The zero-order valence-electron chi connectivity index (χ0n) is 11.4. The maximum absolute atomic E-state index is 12.3. The SMILES string of the molecule is CC1CCCC2(CSC(=NC(C)CC(F)(F)F)N2)C1. The molecule has 2 fully saturated rings. The number of amidine groups is 1. The summed E-state index contributed by atoms with van der Waals surface area (Å²) in [6.07, 6.45) is -0.319. The summed E-state index contributed by atoms with van der Waals surface area (Å²) in [6, 6.07) is -0.703. The van der Waals surface area contributed by atoms with Gasteiger partial charge in [-0.15, -0.1) is 0 Å². The molecule has 1 spiro atoms. The van der Waals surface area contributed by atoms with Crippen molar-refractivity contribution in [2.24, 2.45) is 10.9 Å². The Morgan fingerprint density at radius 3 is 2.89 bits per heavy atom. The van der Waals surface area contributed by atoms with Gasteiger partial charge in [0.05, 0.1) is 12.5 Å². The average Bonchev–Trinajstić information content (AvgIpc) is 2.57. The first kappa shape index (κ1) is 15.0. The van der Waals surface area contributed by atoms with E-state index in [1.165, 1.54) is 19.8 Å². The van der Waals surface area contributed by atoms with Crippen LogP contribution in [0.5, 0.6) is 0 Å². The molecular formula is C13H21F3N2S. The summed E-state index contributed by atoms with van der Waals surface area (Å²) in [6.45, 7) is 3.77. The van der Waals surface area contributed by atoms with E-state index >= 15 is 0 Å². The van der Waals surface area contributed by atoms with Gasteiger partial charge in [-0.1, -0.05) is 31.5 Å². The minimum Gasteiger partial charge on any atom is -0.359 e. The third-order valence-corrected chi connectivity index (χ3v) is 4.99. The highest BCUT2D eigenvalue weighted by atomic mass is 32.2. The molecule has 1 aliphatic carbocycles. The van der Waals surface area contributed by atoms with Crippen molar-refractivity contribution in [3.63, 3.8) is 0 Å². The summed E-state index contributed by atoms with van der Waals surface area (Å²) in [7, 11) is 0. The van der Waals surface area contributed by atoms with E-state index in [4.69, 9.17) is 0 Å². The molecule has 0 radical (unpaired) electrons. The lowest BCUT2D eigenvalue weighted by atomic mass is 9.78. The van der Waals surface area contributed by atoms with E-state index in [2.05, 4.69) is 17.2 Å². The number of rotatable bonds is 2. The van der Waals surface area contributed by atoms with Crippen molar-refractivity contribution in [3.05, 3.63) is 0 Å². The lowest BCUT2D eigenvalue weighted by Gasteiger charge is -2.36. The van der Waals surface area contributed by atoms with Crippen molar-refractivity contribution in [1.82, 2.24) is 5.32 Å². The molecule has 110 valence electrons. The second-order valence-corrected chi connectivity index (χ2v) is 6.96. The predicted octanol–water partition coefficient (Wildman–Crippen LogP) is 3.97. The molecule has 2 rings (SSSR count). The zero-order valence-corrected chi connectivity index (χ0v) is 12.2. The third-order valence-electron chi connectivity index (χ3n) is 3.81. The topological polar surface area (TPSA) is 24.4 Å². The minimum absolute atomic E-state index is 0.0825. The van der Waals surface area contributed by atoms with E-state index < -0.39 is 18.6 Å². The van der Waals surface area contributed by atoms with Crippen LogP contribution in [0.2, 0.25) is 0 Å². The molecule has 0 aromatic heterocycles. The van der Waals surface area contributed by atoms with Gasteiger partial charge in [0.1, 0.15) is 0 Å². The maximum Gasteiger partial charge on any atom is 0.391 e. The molecule has 3 unspecified atom stereocenters. The van der Waals surface area contributed by atoms with Crippen LogP contribution >= 0.6 is 11.8 Å². The number of alkyl halides is 3. The van der Waals surface area contributed by atoms with E-state index in [-0.39, 0.29) is 5.54 Å². The van der Waals surface area contributed by atoms with E-state index in [9.17, 15) is 13.2 Å². The highest BCUT2D eigenvalue weighted by Crippen LogP contribution is 2.39. The minimum atomic E-state index is -4.14. The summed E-state index contributed by atoms with van der Waals surface area (Å²) in [4.78, 5) is 4.18. The maximum atomic E-state index is 12.3. The van der Waals surface area contributed by atoms with Crippen molar-refractivity contribution < 1.29 is 13.2 Å². The second kappa shape index (κ2) is 5.54. The van der Waals surface area contributed by atoms with Gasteiger partial charge >= 0.3 is 6.18 Å². The summed E-state index contributed by atoms with van der Waals surface area (Å²) < 4.78 is 36.8. The lowest BCUT2D eigenvalue weighted by molar-refractivity contribution is -0.137. The first-order chi connectivity index (χ1) is 8.78. The Morgan fingerprint density at radius 1 is 1.53 bits per heavy atom. The molecule has 1 saturated heterocycles. The van der Waals surface area contributed by atoms with Crippen LogP contribution < -0.4 is 5.32 Å². The fraction of sp³-hybridized carbons (Fsp3) is 0.923. The van der Waals surface area contributed by atoms with Crippen LogP contribution in [-0.2, 0) is 0 Å². The normalized spacial score (nSPS) is 35.6. The van der Waals surface area contributed by atoms with Gasteiger partial charge in [0.2, 0.25) is 0 Å². The van der Waals surface area contributed by atoms with Crippen molar-refractivity contribution in [1.29, 1.82) is 0 Å². The molecule has 0 bridgehead atoms. The van der Waals surface area contributed by atoms with Crippen LogP contribution in [0.4, 0.5) is 13.2 Å². The van der Waals surface area contributed by atoms with Gasteiger partial charge in [0, 0.05) is 11.3 Å². The van der Waals surface area contributed by atoms with Crippen molar-refractivity contribution in [3.8, 4) is 0 Å². The fourth-order valence-electron chi connectivity index (χ4n) is 3.06. The second-order valence-electron chi connectivity index (χ2n) is 6.00. The average molecular weight is 294 g/mol. The first-order valence-corrected chi connectivity index (χ1v) is 7.82. The Bertz CT molecular complexity index is 356. The highest BCUT2D eigenvalue weighted by Gasteiger charge is 2.40. The smallest absolute Gasteiger partial charge is 0.359 e. The standard InChI is InChI=1S/C13H21F3N2S/c1-9-4-3-5-12(6-9)8-19-11(18-12)17-10(2)7-13(14,15)16/h9-10H,3-8H2,1-2H3,(H,17,18). The number of nitrogens with zero attached hydrogens (tertiary/aromatic N) is 1. The third kappa shape index (κ3) is 4.29. The molecule has 3 atom stereocenters. The zero-order chi connectivity index (χ0) is 14.1. The molecule has 1 heterocycles. The Morgan fingerprint density at radius 2 is 2.26 bits per heavy atom. The van der Waals surface area contributed by atoms with Crippen LogP contribution in [0.25, 0.3) is 0 Å². The predicted molar refractivity (Wildman–Crippen MR) is 73.5 cm³/mol. The van der Waals surface area contributed by atoms with Crippen molar-refractivity contribution in [2.75, 3.05) is 5.75 Å². The Hall–Kier alpha value is -0.390. The molecule has 1 N–H and O–H groups in total. The highest BCUT2D eigenvalue weighted by molar-refractivity contribution is 8.14. The van der Waals surface area contributed by atoms with Gasteiger partial charge in [0.25, 0.3) is 0 Å². The molecule has 1 saturated carbocycles. The molecule has 19 heavy (non-hydrogen) atoms. The number of aliphatic imine (C=N–C) groups is 1. The van der Waals surface area contributed by atoms with Crippen LogP contribution in [0.1, 0.15) is 46.0 Å². The molecule has 0 aromatic carbocycles. The lowest BCUT2D eigenvalue weighted by Crippen LogP contribution is -2.47. The number of hydrogen-bond acceptors (Lipinski definition) is 2. The van der Waals surface area contributed by atoms with Crippen molar-refractivity contribution >= 4 is 16.9 Å². The Kier molecular flexibility index (Phi) is 4.38. The van der Waals surface area contributed by atoms with Gasteiger partial charge < -0.3 is 5.32 Å². The number of nitrogens with one attached hydrogen (secondary N) is 1. The van der Waals surface area contributed by atoms with Gasteiger partial charge in [0.15, 0.2) is 5.17 Å². The molecular weight excluding hydrogens is 273 g/mol. The fourth-order valence-corrected chi connectivity index (χ4v) is 4.35. The summed E-state index contributed by atoms with van der Waals surface area (Å²) in [5.74, 6) is 1.63. The van der Waals surface area contributed by atoms with Crippen LogP contribution in [-0.4, -0.2) is 28.7 Å². The number of hydrogen-bond donors (Lipinski definition) is 1. The molecule has 2 aliphatic rings. The van der Waals surface area contributed by atoms with E-state index in [0.29, 0.717) is 11.1 Å². The molecule has 0 aromatic rings. The van der Waals surface area contributed by atoms with Crippen LogP contribution in [0.15, 0.2) is 4.99 Å². The molecule has 0 amide bonds. The van der Waals surface area contributed by atoms with Gasteiger partial charge in [-0.3, -0.25) is 4.99 Å². The van der Waals surface area contributed by atoms with Gasteiger partial charge in [-0.05, 0) is 25.7 Å². The summed E-state index contributed by atoms with van der Waals surface area (Å²) in [5, 5.41) is 4.10. The van der Waals surface area contributed by atoms with Crippen molar-refractivity contribution in [2.45, 2.75) is 63.7 Å². The Balaban J connectivity index is 1.94. The van der Waals surface area contributed by atoms with Crippen LogP contribution in [0, 0.1) is 5.92 Å². The molecule has 6 heteroatoms. The summed E-state index contributed by atoms with van der Waals surface area (Å²) in [5.41, 5.74) is 0.0825. The van der Waals surface area contributed by atoms with Gasteiger partial charge in [-0.25, -0.2) is 0 Å².